The molecule has 1 aromatic carbocycles. The Kier molecular flexibility index (Phi) is 4.34. The van der Waals surface area contributed by atoms with Crippen LogP contribution in [0.25, 0.3) is 10.4 Å². The van der Waals surface area contributed by atoms with Crippen LogP contribution in [0.1, 0.15) is 11.8 Å². The number of hydrogen-bond acceptors (Lipinski definition) is 2. The molecule has 0 bridgehead atoms. The van der Waals surface area contributed by atoms with Crippen LogP contribution in [0.5, 0.6) is 0 Å². The Morgan fingerprint density at radius 1 is 1.16 bits per heavy atom. The summed E-state index contributed by atoms with van der Waals surface area (Å²) >= 11 is 5.11. The molecular formula is C13H14BrN4S+. The second-order valence-corrected chi connectivity index (χ2v) is 5.93. The maximum atomic E-state index is 5.30. The van der Waals surface area contributed by atoms with Crippen LogP contribution < -0.4 is 16.6 Å². The van der Waals surface area contributed by atoms with Crippen LogP contribution in [0.3, 0.4) is 0 Å². The van der Waals surface area contributed by atoms with Crippen molar-refractivity contribution < 1.29 is 5.10 Å². The van der Waals surface area contributed by atoms with E-state index in [1.165, 1.54) is 10.4 Å². The summed E-state index contributed by atoms with van der Waals surface area (Å²) in [4.78, 5) is 2.27. The molecule has 0 atom stereocenters. The molecule has 2 aromatic rings. The number of thiophene rings is 1. The topological polar surface area (TPSA) is 78.4 Å². The zero-order valence-electron chi connectivity index (χ0n) is 10.4. The Morgan fingerprint density at radius 3 is 2.47 bits per heavy atom. The van der Waals surface area contributed by atoms with Crippen molar-refractivity contribution in [3.8, 4) is 10.4 Å². The Balaban J connectivity index is 2.26. The molecule has 0 radical (unpaired) electrons. The number of nitrogens with two attached hydrogens (primary N) is 2. The van der Waals surface area contributed by atoms with Gasteiger partial charge in [-0.05, 0) is 36.8 Å². The quantitative estimate of drug-likeness (QED) is 0.448. The van der Waals surface area contributed by atoms with Gasteiger partial charge in [0.15, 0.2) is 0 Å². The molecule has 19 heavy (non-hydrogen) atoms. The minimum atomic E-state index is 0.0871. The van der Waals surface area contributed by atoms with Crippen molar-refractivity contribution in [2.75, 3.05) is 0 Å². The normalized spacial score (nSPS) is 11.4. The first-order valence-corrected chi connectivity index (χ1v) is 7.21. The molecule has 0 aliphatic rings. The van der Waals surface area contributed by atoms with Crippen molar-refractivity contribution in [2.24, 2.45) is 16.6 Å². The molecule has 0 spiro atoms. The van der Waals surface area contributed by atoms with Gasteiger partial charge in [-0.1, -0.05) is 28.1 Å². The minimum absolute atomic E-state index is 0.0871. The molecule has 1 aromatic heterocycles. The largest absolute Gasteiger partial charge is 0.362 e. The maximum Gasteiger partial charge on any atom is 0.362 e. The van der Waals surface area contributed by atoms with E-state index in [0.29, 0.717) is 0 Å². The first kappa shape index (κ1) is 13.8. The number of rotatable bonds is 3. The van der Waals surface area contributed by atoms with E-state index in [9.17, 15) is 0 Å². The number of halogens is 1. The van der Waals surface area contributed by atoms with E-state index in [4.69, 9.17) is 11.5 Å². The van der Waals surface area contributed by atoms with E-state index in [2.05, 4.69) is 44.3 Å². The summed E-state index contributed by atoms with van der Waals surface area (Å²) < 4.78 is 1.07. The molecule has 0 saturated carbocycles. The molecule has 0 amide bonds. The van der Waals surface area contributed by atoms with Crippen LogP contribution in [0.4, 0.5) is 0 Å². The molecule has 5 N–H and O–H groups in total. The number of hydrazone groups is 1. The highest BCUT2D eigenvalue weighted by Crippen LogP contribution is 2.29. The van der Waals surface area contributed by atoms with Crippen LogP contribution in [-0.4, -0.2) is 11.7 Å². The van der Waals surface area contributed by atoms with Gasteiger partial charge in [-0.2, -0.15) is 5.10 Å². The first-order chi connectivity index (χ1) is 9.06. The lowest BCUT2D eigenvalue weighted by molar-refractivity contribution is -0.464. The van der Waals surface area contributed by atoms with Gasteiger partial charge in [0.2, 0.25) is 0 Å². The molecule has 0 aliphatic carbocycles. The summed E-state index contributed by atoms with van der Waals surface area (Å²) in [6, 6.07) is 12.3. The van der Waals surface area contributed by atoms with Gasteiger partial charge in [0.25, 0.3) is 0 Å². The van der Waals surface area contributed by atoms with Gasteiger partial charge in [-0.25, -0.2) is 0 Å². The van der Waals surface area contributed by atoms with E-state index in [1.54, 1.807) is 11.3 Å². The van der Waals surface area contributed by atoms with Crippen LogP contribution in [0.2, 0.25) is 0 Å². The summed E-state index contributed by atoms with van der Waals surface area (Å²) in [5.41, 5.74) is 12.6. The van der Waals surface area contributed by atoms with Crippen molar-refractivity contribution in [1.29, 1.82) is 0 Å². The predicted octanol–water partition coefficient (Wildman–Crippen LogP) is 1.26. The summed E-state index contributed by atoms with van der Waals surface area (Å²) in [5.74, 6) is 0.0871. The monoisotopic (exact) mass is 337 g/mol. The van der Waals surface area contributed by atoms with Crippen molar-refractivity contribution in [2.45, 2.75) is 6.92 Å². The third-order valence-corrected chi connectivity index (χ3v) is 4.22. The summed E-state index contributed by atoms with van der Waals surface area (Å²) in [6.45, 7) is 1.91. The maximum absolute atomic E-state index is 5.30. The standard InChI is InChI=1S/C13H13BrN4S/c1-8(17-18-13(15)16)11-6-7-12(19-11)9-2-4-10(14)5-3-9/h2-7H,1H3,(H4,15,16,18)/p+1/b17-8-. The van der Waals surface area contributed by atoms with Gasteiger partial charge in [0, 0.05) is 9.35 Å². The van der Waals surface area contributed by atoms with Crippen molar-refractivity contribution in [3.05, 3.63) is 45.7 Å². The summed E-state index contributed by atoms with van der Waals surface area (Å²) in [6.07, 6.45) is 0. The van der Waals surface area contributed by atoms with Crippen molar-refractivity contribution >= 4 is 38.9 Å². The van der Waals surface area contributed by atoms with E-state index in [-0.39, 0.29) is 5.96 Å². The van der Waals surface area contributed by atoms with Crippen LogP contribution >= 0.6 is 27.3 Å². The first-order valence-electron chi connectivity index (χ1n) is 5.60. The fourth-order valence-corrected chi connectivity index (χ4v) is 2.73. The predicted molar refractivity (Wildman–Crippen MR) is 84.0 cm³/mol. The minimum Gasteiger partial charge on any atom is -0.289 e. The van der Waals surface area contributed by atoms with E-state index in [1.807, 2.05) is 25.1 Å². The molecule has 0 aliphatic heterocycles. The lowest BCUT2D eigenvalue weighted by Crippen LogP contribution is -2.72. The number of benzene rings is 1. The highest BCUT2D eigenvalue weighted by molar-refractivity contribution is 9.10. The molecule has 0 unspecified atom stereocenters. The van der Waals surface area contributed by atoms with E-state index < -0.39 is 0 Å². The lowest BCUT2D eigenvalue weighted by atomic mass is 10.2. The molecule has 6 heteroatoms. The second kappa shape index (κ2) is 5.99. The van der Waals surface area contributed by atoms with Crippen molar-refractivity contribution in [3.63, 3.8) is 0 Å². The molecule has 2 rings (SSSR count). The number of nitrogens with zero attached hydrogens (tertiary/aromatic N) is 1. The Labute approximate surface area is 124 Å². The number of hydrogen-bond donors (Lipinski definition) is 3. The van der Waals surface area contributed by atoms with Crippen LogP contribution in [-0.2, 0) is 0 Å². The van der Waals surface area contributed by atoms with Gasteiger partial charge in [0.1, 0.15) is 0 Å². The van der Waals surface area contributed by atoms with Gasteiger partial charge in [-0.15, -0.1) is 16.4 Å². The smallest absolute Gasteiger partial charge is 0.289 e. The van der Waals surface area contributed by atoms with Crippen molar-refractivity contribution in [1.82, 2.24) is 0 Å². The average Bonchev–Trinajstić information content (AvgIpc) is 2.86. The molecule has 0 saturated heterocycles. The third-order valence-electron chi connectivity index (χ3n) is 2.44. The average molecular weight is 338 g/mol. The summed E-state index contributed by atoms with van der Waals surface area (Å²) in [5, 5.41) is 6.66. The fraction of sp³-hybridized carbons (Fsp3) is 0.0769. The van der Waals surface area contributed by atoms with E-state index in [0.717, 1.165) is 15.1 Å². The van der Waals surface area contributed by atoms with Crippen LogP contribution in [0, 0.1) is 0 Å². The second-order valence-electron chi connectivity index (χ2n) is 3.94. The molecule has 0 fully saturated rings. The van der Waals surface area contributed by atoms with Gasteiger partial charge in [-0.3, -0.25) is 11.5 Å². The third kappa shape index (κ3) is 3.65. The Morgan fingerprint density at radius 2 is 1.84 bits per heavy atom. The molecule has 98 valence electrons. The zero-order chi connectivity index (χ0) is 13.8. The highest BCUT2D eigenvalue weighted by atomic mass is 79.9. The fourth-order valence-electron chi connectivity index (χ4n) is 1.51. The number of nitrogens with one attached hydrogen (secondary N) is 1. The Hall–Kier alpha value is -1.66. The highest BCUT2D eigenvalue weighted by Gasteiger charge is 2.05. The lowest BCUT2D eigenvalue weighted by Gasteiger charge is -1.97. The molecule has 1 heterocycles. The summed E-state index contributed by atoms with van der Waals surface area (Å²) in [7, 11) is 0. The Bertz CT molecular complexity index is 624. The van der Waals surface area contributed by atoms with Gasteiger partial charge < -0.3 is 0 Å². The number of guanidine groups is 1. The molecular weight excluding hydrogens is 324 g/mol. The zero-order valence-corrected chi connectivity index (χ0v) is 12.8. The van der Waals surface area contributed by atoms with Gasteiger partial charge >= 0.3 is 5.96 Å². The molecule has 4 nitrogen and oxygen atoms in total. The SMILES string of the molecule is C/C(=N/[NH+]=C(N)N)c1ccc(-c2ccc(Br)cc2)s1. The van der Waals surface area contributed by atoms with Gasteiger partial charge in [0.05, 0.1) is 10.6 Å². The van der Waals surface area contributed by atoms with E-state index >= 15 is 0 Å². The van der Waals surface area contributed by atoms with Crippen LogP contribution in [0.15, 0.2) is 46.0 Å².